The summed E-state index contributed by atoms with van der Waals surface area (Å²) in [5.41, 5.74) is 3.04. The van der Waals surface area contributed by atoms with Crippen LogP contribution < -0.4 is 5.56 Å². The van der Waals surface area contributed by atoms with E-state index in [1.165, 1.54) is 0 Å². The van der Waals surface area contributed by atoms with E-state index in [0.717, 1.165) is 40.3 Å². The van der Waals surface area contributed by atoms with Gasteiger partial charge in [0.15, 0.2) is 5.82 Å². The number of aliphatic imine (C=N–C) groups is 1. The van der Waals surface area contributed by atoms with Crippen molar-refractivity contribution in [3.8, 4) is 0 Å². The van der Waals surface area contributed by atoms with E-state index in [1.807, 2.05) is 29.8 Å². The summed E-state index contributed by atoms with van der Waals surface area (Å²) in [6.07, 6.45) is 5.07. The fraction of sp³-hybridized carbons (Fsp3) is 0.429. The normalized spacial score (nSPS) is 23.6. The van der Waals surface area contributed by atoms with Gasteiger partial charge in [0.2, 0.25) is 0 Å². The smallest absolute Gasteiger partial charge is 0.271 e. The molecule has 0 bridgehead atoms. The van der Waals surface area contributed by atoms with Gasteiger partial charge in [-0.3, -0.25) is 24.5 Å². The second-order valence-electron chi connectivity index (χ2n) is 8.20. The van der Waals surface area contributed by atoms with Gasteiger partial charge in [-0.1, -0.05) is 23.9 Å². The van der Waals surface area contributed by atoms with E-state index < -0.39 is 0 Å². The topological polar surface area (TPSA) is 85.2 Å². The van der Waals surface area contributed by atoms with Crippen LogP contribution in [0.25, 0.3) is 11.0 Å². The number of rotatable bonds is 2. The maximum Gasteiger partial charge on any atom is 0.271 e. The van der Waals surface area contributed by atoms with Crippen LogP contribution in [-0.4, -0.2) is 37.0 Å². The molecule has 1 fully saturated rings. The van der Waals surface area contributed by atoms with Crippen molar-refractivity contribution in [1.82, 2.24) is 19.7 Å². The quantitative estimate of drug-likeness (QED) is 0.688. The predicted octanol–water partition coefficient (Wildman–Crippen LogP) is 4.14. The summed E-state index contributed by atoms with van der Waals surface area (Å²) < 4.78 is 7.83. The van der Waals surface area contributed by atoms with Gasteiger partial charge >= 0.3 is 0 Å². The molecule has 1 N–H and O–H groups in total. The fourth-order valence-electron chi connectivity index (χ4n) is 4.34. The van der Waals surface area contributed by atoms with Gasteiger partial charge in [-0.25, -0.2) is 4.99 Å². The molecule has 0 aliphatic carbocycles. The molecular formula is C21H23N5O2S. The number of para-hydroxylation sites is 1. The standard InChI is InChI=1S/C21H23N5O2S/c1-12-24-19-16(20(27)25-26(19)13-7-10-28-21(2,3)11-13)18(29-12)14-5-4-6-15-17(14)23-9-8-22-15/h4-6,8-9,13,18H,7,10-11H2,1-3H3,(H,25,27)/t13-,18+/m0/s1. The lowest BCUT2D eigenvalue weighted by atomic mass is 9.94. The van der Waals surface area contributed by atoms with Gasteiger partial charge in [-0.15, -0.1) is 0 Å². The molecule has 0 saturated carbocycles. The maximum atomic E-state index is 13.1. The van der Waals surface area contributed by atoms with Crippen molar-refractivity contribution in [3.63, 3.8) is 0 Å². The van der Waals surface area contributed by atoms with E-state index in [4.69, 9.17) is 9.73 Å². The van der Waals surface area contributed by atoms with Crippen molar-refractivity contribution >= 4 is 33.7 Å². The third kappa shape index (κ3) is 3.20. The molecule has 0 unspecified atom stereocenters. The Morgan fingerprint density at radius 1 is 1.28 bits per heavy atom. The van der Waals surface area contributed by atoms with Crippen molar-refractivity contribution in [2.75, 3.05) is 6.61 Å². The monoisotopic (exact) mass is 409 g/mol. The van der Waals surface area contributed by atoms with E-state index >= 15 is 0 Å². The van der Waals surface area contributed by atoms with E-state index in [2.05, 4.69) is 28.9 Å². The number of hydrogen-bond donors (Lipinski definition) is 1. The van der Waals surface area contributed by atoms with Gasteiger partial charge in [-0.2, -0.15) is 0 Å². The molecule has 0 radical (unpaired) electrons. The zero-order valence-electron chi connectivity index (χ0n) is 16.7. The van der Waals surface area contributed by atoms with E-state index in [0.29, 0.717) is 12.2 Å². The Balaban J connectivity index is 1.66. The van der Waals surface area contributed by atoms with Crippen molar-refractivity contribution in [3.05, 3.63) is 52.1 Å². The highest BCUT2D eigenvalue weighted by molar-refractivity contribution is 8.14. The second kappa shape index (κ2) is 6.81. The zero-order chi connectivity index (χ0) is 20.2. The number of ether oxygens (including phenoxy) is 1. The number of nitrogens with one attached hydrogen (secondary N) is 1. The summed E-state index contributed by atoms with van der Waals surface area (Å²) in [6.45, 7) is 6.85. The molecule has 2 aliphatic heterocycles. The van der Waals surface area contributed by atoms with Crippen LogP contribution >= 0.6 is 11.8 Å². The third-order valence-electron chi connectivity index (χ3n) is 5.60. The molecule has 8 heteroatoms. The Morgan fingerprint density at radius 2 is 2.10 bits per heavy atom. The highest BCUT2D eigenvalue weighted by atomic mass is 32.2. The first kappa shape index (κ1) is 18.6. The molecule has 0 spiro atoms. The molecule has 0 amide bonds. The number of thioether (sulfide) groups is 1. The third-order valence-corrected chi connectivity index (χ3v) is 6.76. The molecule has 7 nitrogen and oxygen atoms in total. The van der Waals surface area contributed by atoms with Gasteiger partial charge < -0.3 is 4.74 Å². The average molecular weight is 410 g/mol. The van der Waals surface area contributed by atoms with Crippen LogP contribution in [0.5, 0.6) is 0 Å². The highest BCUT2D eigenvalue weighted by Gasteiger charge is 2.36. The van der Waals surface area contributed by atoms with Crippen molar-refractivity contribution in [2.45, 2.75) is 50.5 Å². The Bertz CT molecular complexity index is 1170. The molecule has 2 aliphatic rings. The first-order valence-electron chi connectivity index (χ1n) is 9.83. The van der Waals surface area contributed by atoms with Crippen molar-refractivity contribution in [1.29, 1.82) is 0 Å². The number of nitrogens with zero attached hydrogens (tertiary/aromatic N) is 4. The van der Waals surface area contributed by atoms with E-state index in [1.54, 1.807) is 24.2 Å². The van der Waals surface area contributed by atoms with Crippen LogP contribution in [0, 0.1) is 0 Å². The molecule has 3 aromatic rings. The number of aromatic nitrogens is 4. The first-order valence-corrected chi connectivity index (χ1v) is 10.7. The summed E-state index contributed by atoms with van der Waals surface area (Å²) in [4.78, 5) is 26.8. The van der Waals surface area contributed by atoms with E-state index in [-0.39, 0.29) is 22.5 Å². The number of aromatic amines is 1. The van der Waals surface area contributed by atoms with Crippen molar-refractivity contribution in [2.24, 2.45) is 4.99 Å². The Kier molecular flexibility index (Phi) is 4.36. The maximum absolute atomic E-state index is 13.1. The lowest BCUT2D eigenvalue weighted by molar-refractivity contribution is -0.0705. The summed E-state index contributed by atoms with van der Waals surface area (Å²) in [5, 5.41) is 3.85. The van der Waals surface area contributed by atoms with Gasteiger partial charge in [0, 0.05) is 19.0 Å². The number of benzene rings is 1. The molecule has 5 rings (SSSR count). The lowest BCUT2D eigenvalue weighted by Gasteiger charge is -2.36. The molecule has 2 atom stereocenters. The molecular weight excluding hydrogens is 386 g/mol. The van der Waals surface area contributed by atoms with Gasteiger partial charge in [0.1, 0.15) is 0 Å². The molecule has 4 heterocycles. The average Bonchev–Trinajstić information content (AvgIpc) is 3.02. The SMILES string of the molecule is CC1=Nc2c(c(=O)[nH]n2[C@H]2CCOC(C)(C)C2)[C@@H](c2cccc3nccnc23)S1. The Labute approximate surface area is 172 Å². The fourth-order valence-corrected chi connectivity index (χ4v) is 5.47. The van der Waals surface area contributed by atoms with Crippen molar-refractivity contribution < 1.29 is 4.74 Å². The summed E-state index contributed by atoms with van der Waals surface area (Å²) in [5.74, 6) is 0.736. The van der Waals surface area contributed by atoms with Crippen LogP contribution in [-0.2, 0) is 4.74 Å². The van der Waals surface area contributed by atoms with Crippen LogP contribution in [0.4, 0.5) is 5.82 Å². The summed E-state index contributed by atoms with van der Waals surface area (Å²) in [7, 11) is 0. The Morgan fingerprint density at radius 3 is 2.93 bits per heavy atom. The highest BCUT2D eigenvalue weighted by Crippen LogP contribution is 2.46. The van der Waals surface area contributed by atoms with Gasteiger partial charge in [0.25, 0.3) is 5.56 Å². The molecule has 2 aromatic heterocycles. The lowest BCUT2D eigenvalue weighted by Crippen LogP contribution is -2.35. The predicted molar refractivity (Wildman–Crippen MR) is 115 cm³/mol. The zero-order valence-corrected chi connectivity index (χ0v) is 17.5. The van der Waals surface area contributed by atoms with Crippen LogP contribution in [0.2, 0.25) is 0 Å². The van der Waals surface area contributed by atoms with Crippen LogP contribution in [0.1, 0.15) is 56.0 Å². The second-order valence-corrected chi connectivity index (χ2v) is 9.50. The number of fused-ring (bicyclic) bond motifs is 2. The Hall–Kier alpha value is -2.45. The minimum atomic E-state index is -0.218. The first-order chi connectivity index (χ1) is 13.9. The van der Waals surface area contributed by atoms with Crippen LogP contribution in [0.15, 0.2) is 40.4 Å². The molecule has 1 aromatic carbocycles. The minimum Gasteiger partial charge on any atom is -0.375 e. The van der Waals surface area contributed by atoms with Gasteiger partial charge in [-0.05, 0) is 45.2 Å². The van der Waals surface area contributed by atoms with E-state index in [9.17, 15) is 4.79 Å². The summed E-state index contributed by atoms with van der Waals surface area (Å²) >= 11 is 1.60. The summed E-state index contributed by atoms with van der Waals surface area (Å²) in [6, 6.07) is 6.11. The largest absolute Gasteiger partial charge is 0.375 e. The molecule has 1 saturated heterocycles. The van der Waals surface area contributed by atoms with Crippen LogP contribution in [0.3, 0.4) is 0 Å². The molecule has 29 heavy (non-hydrogen) atoms. The van der Waals surface area contributed by atoms with Gasteiger partial charge in [0.05, 0.1) is 38.5 Å². The number of hydrogen-bond acceptors (Lipinski definition) is 6. The number of H-pyrrole nitrogens is 1. The molecule has 150 valence electrons. The minimum absolute atomic E-state index is 0.0843.